The molecule has 0 fully saturated rings. The van der Waals surface area contributed by atoms with E-state index in [4.69, 9.17) is 4.74 Å². The number of amides is 1. The number of hydrogen-bond acceptors (Lipinski definition) is 3. The Balaban J connectivity index is 2.74. The molecule has 0 aromatic heterocycles. The Morgan fingerprint density at radius 2 is 1.95 bits per heavy atom. The summed E-state index contributed by atoms with van der Waals surface area (Å²) >= 11 is 0. The standard InChI is InChI=1S/C14H20FNO3/c1-8(2)16-14(18)10(4)19-13-6-5-11(9(3)17)7-12(13)15/h5-10,17H,1-4H3,(H,16,18). The van der Waals surface area contributed by atoms with Gasteiger partial charge in [0.05, 0.1) is 6.10 Å². The quantitative estimate of drug-likeness (QED) is 0.861. The second-order valence-electron chi connectivity index (χ2n) is 4.79. The molecule has 0 aliphatic rings. The van der Waals surface area contributed by atoms with E-state index in [0.717, 1.165) is 0 Å². The number of carbonyl (C=O) groups is 1. The molecule has 0 radical (unpaired) electrons. The van der Waals surface area contributed by atoms with Gasteiger partial charge in [0.1, 0.15) is 0 Å². The van der Waals surface area contributed by atoms with Gasteiger partial charge in [0.25, 0.3) is 5.91 Å². The number of halogens is 1. The van der Waals surface area contributed by atoms with Crippen LogP contribution in [0.3, 0.4) is 0 Å². The van der Waals surface area contributed by atoms with Crippen molar-refractivity contribution in [3.8, 4) is 5.75 Å². The number of nitrogens with one attached hydrogen (secondary N) is 1. The minimum Gasteiger partial charge on any atom is -0.478 e. The molecule has 19 heavy (non-hydrogen) atoms. The van der Waals surface area contributed by atoms with E-state index in [1.165, 1.54) is 12.1 Å². The molecule has 0 bridgehead atoms. The molecule has 0 heterocycles. The molecule has 2 unspecified atom stereocenters. The zero-order valence-electron chi connectivity index (χ0n) is 11.6. The number of benzene rings is 1. The van der Waals surface area contributed by atoms with Crippen molar-refractivity contribution in [2.75, 3.05) is 0 Å². The van der Waals surface area contributed by atoms with Gasteiger partial charge < -0.3 is 15.2 Å². The molecule has 0 aliphatic heterocycles. The van der Waals surface area contributed by atoms with Crippen LogP contribution in [0.25, 0.3) is 0 Å². The Bertz CT molecular complexity index is 446. The van der Waals surface area contributed by atoms with Gasteiger partial charge in [-0.15, -0.1) is 0 Å². The fourth-order valence-electron chi connectivity index (χ4n) is 1.52. The predicted octanol–water partition coefficient (Wildman–Crippen LogP) is 2.17. The number of rotatable bonds is 5. The van der Waals surface area contributed by atoms with Gasteiger partial charge in [-0.25, -0.2) is 4.39 Å². The molecule has 1 aromatic rings. The maximum atomic E-state index is 13.7. The minimum atomic E-state index is -0.783. The van der Waals surface area contributed by atoms with E-state index in [-0.39, 0.29) is 17.7 Å². The number of aliphatic hydroxyl groups is 1. The maximum absolute atomic E-state index is 13.7. The van der Waals surface area contributed by atoms with Crippen LogP contribution in [0, 0.1) is 5.82 Å². The molecule has 1 rings (SSSR count). The lowest BCUT2D eigenvalue weighted by atomic mass is 10.1. The molecular formula is C14H20FNO3. The van der Waals surface area contributed by atoms with E-state index in [0.29, 0.717) is 5.56 Å². The second-order valence-corrected chi connectivity index (χ2v) is 4.79. The van der Waals surface area contributed by atoms with E-state index in [1.54, 1.807) is 19.9 Å². The van der Waals surface area contributed by atoms with Crippen molar-refractivity contribution in [1.82, 2.24) is 5.32 Å². The summed E-state index contributed by atoms with van der Waals surface area (Å²) in [5, 5.41) is 12.0. The first-order valence-corrected chi connectivity index (χ1v) is 6.25. The average Bonchev–Trinajstić information content (AvgIpc) is 2.30. The summed E-state index contributed by atoms with van der Waals surface area (Å²) < 4.78 is 19.0. The lowest BCUT2D eigenvalue weighted by Crippen LogP contribution is -2.40. The normalized spacial score (nSPS) is 14.1. The summed E-state index contributed by atoms with van der Waals surface area (Å²) in [5.41, 5.74) is 0.462. The van der Waals surface area contributed by atoms with Crippen molar-refractivity contribution in [3.05, 3.63) is 29.6 Å². The van der Waals surface area contributed by atoms with E-state index in [9.17, 15) is 14.3 Å². The maximum Gasteiger partial charge on any atom is 0.260 e. The Morgan fingerprint density at radius 1 is 1.32 bits per heavy atom. The third-order valence-electron chi connectivity index (χ3n) is 2.54. The minimum absolute atomic E-state index is 0.000937. The molecule has 0 saturated heterocycles. The zero-order chi connectivity index (χ0) is 14.6. The Kier molecular flexibility index (Phi) is 5.30. The van der Waals surface area contributed by atoms with Crippen LogP contribution in [0.5, 0.6) is 5.75 Å². The molecule has 1 aromatic carbocycles. The van der Waals surface area contributed by atoms with E-state index in [2.05, 4.69) is 5.32 Å². The lowest BCUT2D eigenvalue weighted by Gasteiger charge is -2.17. The van der Waals surface area contributed by atoms with Gasteiger partial charge in [-0.2, -0.15) is 0 Å². The highest BCUT2D eigenvalue weighted by Crippen LogP contribution is 2.22. The molecular weight excluding hydrogens is 249 g/mol. The number of carbonyl (C=O) groups excluding carboxylic acids is 1. The highest BCUT2D eigenvalue weighted by atomic mass is 19.1. The van der Waals surface area contributed by atoms with Crippen molar-refractivity contribution in [2.24, 2.45) is 0 Å². The SMILES string of the molecule is CC(C)NC(=O)C(C)Oc1ccc(C(C)O)cc1F. The van der Waals surface area contributed by atoms with Crippen LogP contribution in [0.2, 0.25) is 0 Å². The Labute approximate surface area is 112 Å². The van der Waals surface area contributed by atoms with E-state index >= 15 is 0 Å². The second kappa shape index (κ2) is 6.52. The fraction of sp³-hybridized carbons (Fsp3) is 0.500. The third-order valence-corrected chi connectivity index (χ3v) is 2.54. The van der Waals surface area contributed by atoms with Crippen LogP contribution in [0.1, 0.15) is 39.4 Å². The van der Waals surface area contributed by atoms with Crippen molar-refractivity contribution >= 4 is 5.91 Å². The molecule has 5 heteroatoms. The van der Waals surface area contributed by atoms with Crippen LogP contribution >= 0.6 is 0 Å². The summed E-state index contributed by atoms with van der Waals surface area (Å²) in [6, 6.07) is 4.18. The molecule has 2 atom stereocenters. The molecule has 0 aliphatic carbocycles. The molecule has 106 valence electrons. The molecule has 0 saturated carbocycles. The van der Waals surface area contributed by atoms with Crippen LogP contribution in [-0.2, 0) is 4.79 Å². The van der Waals surface area contributed by atoms with Crippen LogP contribution < -0.4 is 10.1 Å². The van der Waals surface area contributed by atoms with Gasteiger partial charge in [-0.3, -0.25) is 4.79 Å². The Morgan fingerprint density at radius 3 is 2.42 bits per heavy atom. The van der Waals surface area contributed by atoms with E-state index < -0.39 is 18.0 Å². The number of hydrogen-bond donors (Lipinski definition) is 2. The molecule has 0 spiro atoms. The van der Waals surface area contributed by atoms with Gasteiger partial charge in [0, 0.05) is 6.04 Å². The topological polar surface area (TPSA) is 58.6 Å². The van der Waals surface area contributed by atoms with Crippen molar-refractivity contribution in [3.63, 3.8) is 0 Å². The van der Waals surface area contributed by atoms with Gasteiger partial charge in [-0.05, 0) is 45.4 Å². The van der Waals surface area contributed by atoms with Crippen LogP contribution in [0.15, 0.2) is 18.2 Å². The average molecular weight is 269 g/mol. The predicted molar refractivity (Wildman–Crippen MR) is 70.4 cm³/mol. The Hall–Kier alpha value is -1.62. The molecule has 4 nitrogen and oxygen atoms in total. The summed E-state index contributed by atoms with van der Waals surface area (Å²) in [7, 11) is 0. The fourth-order valence-corrected chi connectivity index (χ4v) is 1.52. The summed E-state index contributed by atoms with van der Waals surface area (Å²) in [6.45, 7) is 6.78. The van der Waals surface area contributed by atoms with E-state index in [1.807, 2.05) is 13.8 Å². The highest BCUT2D eigenvalue weighted by molar-refractivity contribution is 5.80. The summed E-state index contributed by atoms with van der Waals surface area (Å²) in [5.74, 6) is -0.896. The summed E-state index contributed by atoms with van der Waals surface area (Å²) in [6.07, 6.45) is -1.53. The third kappa shape index (κ3) is 4.52. The first-order valence-electron chi connectivity index (χ1n) is 6.25. The van der Waals surface area contributed by atoms with Gasteiger partial charge in [0.2, 0.25) is 0 Å². The van der Waals surface area contributed by atoms with Crippen LogP contribution in [-0.4, -0.2) is 23.2 Å². The van der Waals surface area contributed by atoms with Crippen molar-refractivity contribution < 1.29 is 19.0 Å². The number of ether oxygens (including phenoxy) is 1. The van der Waals surface area contributed by atoms with Gasteiger partial charge >= 0.3 is 0 Å². The highest BCUT2D eigenvalue weighted by Gasteiger charge is 2.17. The summed E-state index contributed by atoms with van der Waals surface area (Å²) in [4.78, 5) is 11.6. The van der Waals surface area contributed by atoms with Crippen molar-refractivity contribution in [2.45, 2.75) is 45.9 Å². The first kappa shape index (κ1) is 15.4. The molecule has 2 N–H and O–H groups in total. The zero-order valence-corrected chi connectivity index (χ0v) is 11.6. The monoisotopic (exact) mass is 269 g/mol. The largest absolute Gasteiger partial charge is 0.478 e. The smallest absolute Gasteiger partial charge is 0.260 e. The van der Waals surface area contributed by atoms with Crippen LogP contribution in [0.4, 0.5) is 4.39 Å². The number of aliphatic hydroxyl groups excluding tert-OH is 1. The van der Waals surface area contributed by atoms with Crippen molar-refractivity contribution in [1.29, 1.82) is 0 Å². The molecule has 1 amide bonds. The van der Waals surface area contributed by atoms with Gasteiger partial charge in [0.15, 0.2) is 17.7 Å². The van der Waals surface area contributed by atoms with Gasteiger partial charge in [-0.1, -0.05) is 6.07 Å². The lowest BCUT2D eigenvalue weighted by molar-refractivity contribution is -0.127. The first-order chi connectivity index (χ1) is 8.81.